The van der Waals surface area contributed by atoms with Crippen LogP contribution in [-0.2, 0) is 16.6 Å². The molecule has 0 aliphatic heterocycles. The second-order valence-electron chi connectivity index (χ2n) is 4.46. The van der Waals surface area contributed by atoms with E-state index in [0.717, 1.165) is 0 Å². The van der Waals surface area contributed by atoms with Gasteiger partial charge < -0.3 is 5.32 Å². The van der Waals surface area contributed by atoms with Gasteiger partial charge in [-0.2, -0.15) is 0 Å². The van der Waals surface area contributed by atoms with Crippen molar-refractivity contribution in [2.45, 2.75) is 18.4 Å². The maximum atomic E-state index is 13.9. The van der Waals surface area contributed by atoms with Gasteiger partial charge in [0.15, 0.2) is 0 Å². The number of benzene rings is 1. The Labute approximate surface area is 122 Å². The van der Waals surface area contributed by atoms with E-state index >= 15 is 0 Å². The molecule has 0 spiro atoms. The van der Waals surface area contributed by atoms with Crippen LogP contribution in [0.1, 0.15) is 11.1 Å². The third-order valence-electron chi connectivity index (χ3n) is 2.84. The smallest absolute Gasteiger partial charge is 0.262 e. The zero-order chi connectivity index (χ0) is 15.5. The highest BCUT2D eigenvalue weighted by Crippen LogP contribution is 2.22. The first kappa shape index (κ1) is 15.3. The first-order valence-corrected chi connectivity index (χ1v) is 7.64. The number of nitrogens with one attached hydrogen (secondary N) is 2. The summed E-state index contributed by atoms with van der Waals surface area (Å²) in [6.45, 7) is 1.79. The number of aromatic nitrogens is 2. The minimum atomic E-state index is -3.91. The van der Waals surface area contributed by atoms with E-state index in [0.29, 0.717) is 12.1 Å². The van der Waals surface area contributed by atoms with Crippen LogP contribution in [0.4, 0.5) is 10.1 Å². The van der Waals surface area contributed by atoms with Gasteiger partial charge in [-0.1, -0.05) is 0 Å². The number of hydrogen-bond acceptors (Lipinski definition) is 5. The molecule has 1 aromatic heterocycles. The van der Waals surface area contributed by atoms with Crippen molar-refractivity contribution in [1.82, 2.24) is 15.3 Å². The Morgan fingerprint density at radius 1 is 1.24 bits per heavy atom. The number of nitrogens with zero attached hydrogens (tertiary/aromatic N) is 2. The number of hydrogen-bond donors (Lipinski definition) is 2. The molecule has 2 aromatic rings. The topological polar surface area (TPSA) is 84.0 Å². The summed E-state index contributed by atoms with van der Waals surface area (Å²) in [5.41, 5.74) is 0.834. The van der Waals surface area contributed by atoms with Crippen molar-refractivity contribution in [3.05, 3.63) is 47.8 Å². The predicted octanol–water partition coefficient (Wildman–Crippen LogP) is 1.44. The van der Waals surface area contributed by atoms with Gasteiger partial charge in [0.2, 0.25) is 0 Å². The van der Waals surface area contributed by atoms with Crippen molar-refractivity contribution in [1.29, 1.82) is 0 Å². The van der Waals surface area contributed by atoms with Crippen molar-refractivity contribution >= 4 is 15.7 Å². The van der Waals surface area contributed by atoms with Crippen LogP contribution in [0.2, 0.25) is 0 Å². The van der Waals surface area contributed by atoms with E-state index in [1.54, 1.807) is 7.05 Å². The summed E-state index contributed by atoms with van der Waals surface area (Å²) >= 11 is 0. The van der Waals surface area contributed by atoms with E-state index in [9.17, 15) is 12.8 Å². The largest absolute Gasteiger partial charge is 0.316 e. The van der Waals surface area contributed by atoms with E-state index < -0.39 is 15.8 Å². The molecule has 0 fully saturated rings. The van der Waals surface area contributed by atoms with Crippen LogP contribution < -0.4 is 10.0 Å². The Hall–Kier alpha value is -2.06. The Morgan fingerprint density at radius 3 is 2.52 bits per heavy atom. The van der Waals surface area contributed by atoms with E-state index in [4.69, 9.17) is 0 Å². The quantitative estimate of drug-likeness (QED) is 0.873. The van der Waals surface area contributed by atoms with E-state index in [-0.39, 0.29) is 16.1 Å². The molecule has 0 saturated heterocycles. The molecule has 21 heavy (non-hydrogen) atoms. The molecule has 0 saturated carbocycles. The molecule has 0 aliphatic rings. The van der Waals surface area contributed by atoms with Gasteiger partial charge in [-0.15, -0.1) is 0 Å². The van der Waals surface area contributed by atoms with Gasteiger partial charge in [-0.25, -0.2) is 22.8 Å². The minimum Gasteiger partial charge on any atom is -0.316 e. The fourth-order valence-corrected chi connectivity index (χ4v) is 3.19. The van der Waals surface area contributed by atoms with Gasteiger partial charge in [-0.05, 0) is 31.7 Å². The normalized spacial score (nSPS) is 11.4. The summed E-state index contributed by atoms with van der Waals surface area (Å²) in [5.74, 6) is -0.563. The average Bonchev–Trinajstić information content (AvgIpc) is 2.43. The van der Waals surface area contributed by atoms with Crippen molar-refractivity contribution in [2.75, 3.05) is 11.8 Å². The van der Waals surface area contributed by atoms with E-state index in [1.165, 1.54) is 37.8 Å². The molecule has 2 N–H and O–H groups in total. The highest BCUT2D eigenvalue weighted by Gasteiger charge is 2.20. The highest BCUT2D eigenvalue weighted by molar-refractivity contribution is 7.92. The standard InChI is InChI=1S/C13H15FN4O2S/c1-9-12(14)3-10(5-15-2)4-13(9)21(19,20)18-11-6-16-8-17-7-11/h3-4,6-8,15,18H,5H2,1-2H3. The number of sulfonamides is 1. The van der Waals surface area contributed by atoms with Crippen LogP contribution in [0.5, 0.6) is 0 Å². The lowest BCUT2D eigenvalue weighted by atomic mass is 10.1. The third-order valence-corrected chi connectivity index (χ3v) is 4.35. The molecule has 0 aliphatic carbocycles. The van der Waals surface area contributed by atoms with E-state index in [2.05, 4.69) is 20.0 Å². The second kappa shape index (κ2) is 6.15. The molecule has 0 unspecified atom stereocenters. The Balaban J connectivity index is 2.44. The second-order valence-corrected chi connectivity index (χ2v) is 6.11. The molecule has 1 heterocycles. The minimum absolute atomic E-state index is 0.0687. The van der Waals surface area contributed by atoms with Gasteiger partial charge in [0, 0.05) is 12.1 Å². The molecular formula is C13H15FN4O2S. The summed E-state index contributed by atoms with van der Waals surface area (Å²) in [6.07, 6.45) is 3.94. The molecule has 0 bridgehead atoms. The van der Waals surface area contributed by atoms with E-state index in [1.807, 2.05) is 0 Å². The van der Waals surface area contributed by atoms with Crippen molar-refractivity contribution in [3.8, 4) is 0 Å². The molecule has 0 atom stereocenters. The molecular weight excluding hydrogens is 295 g/mol. The average molecular weight is 310 g/mol. The van der Waals surface area contributed by atoms with Crippen LogP contribution in [0, 0.1) is 12.7 Å². The van der Waals surface area contributed by atoms with Crippen LogP contribution >= 0.6 is 0 Å². The van der Waals surface area contributed by atoms with Gasteiger partial charge in [-0.3, -0.25) is 4.72 Å². The molecule has 6 nitrogen and oxygen atoms in total. The molecule has 8 heteroatoms. The fourth-order valence-electron chi connectivity index (χ4n) is 1.85. The molecule has 2 rings (SSSR count). The molecule has 1 aromatic carbocycles. The Bertz CT molecular complexity index is 735. The monoisotopic (exact) mass is 310 g/mol. The van der Waals surface area contributed by atoms with Gasteiger partial charge >= 0.3 is 0 Å². The van der Waals surface area contributed by atoms with Crippen molar-refractivity contribution in [3.63, 3.8) is 0 Å². The number of halogens is 1. The molecule has 0 amide bonds. The molecule has 112 valence electrons. The van der Waals surface area contributed by atoms with Crippen LogP contribution in [0.15, 0.2) is 35.7 Å². The van der Waals surface area contributed by atoms with Crippen LogP contribution in [0.25, 0.3) is 0 Å². The summed E-state index contributed by atoms with van der Waals surface area (Å²) in [5, 5.41) is 2.86. The summed E-state index contributed by atoms with van der Waals surface area (Å²) in [6, 6.07) is 2.76. The lowest BCUT2D eigenvalue weighted by molar-refractivity contribution is 0.588. The van der Waals surface area contributed by atoms with Crippen molar-refractivity contribution < 1.29 is 12.8 Å². The zero-order valence-corrected chi connectivity index (χ0v) is 12.4. The summed E-state index contributed by atoms with van der Waals surface area (Å²) in [7, 11) is -2.21. The first-order valence-electron chi connectivity index (χ1n) is 6.15. The predicted molar refractivity (Wildman–Crippen MR) is 76.7 cm³/mol. The molecule has 0 radical (unpaired) electrons. The maximum Gasteiger partial charge on any atom is 0.262 e. The summed E-state index contributed by atoms with van der Waals surface area (Å²) in [4.78, 5) is 7.35. The lowest BCUT2D eigenvalue weighted by Crippen LogP contribution is -2.16. The first-order chi connectivity index (χ1) is 9.94. The Kier molecular flexibility index (Phi) is 4.49. The van der Waals surface area contributed by atoms with Crippen LogP contribution in [0.3, 0.4) is 0 Å². The third kappa shape index (κ3) is 3.53. The Morgan fingerprint density at radius 2 is 1.90 bits per heavy atom. The lowest BCUT2D eigenvalue weighted by Gasteiger charge is -2.12. The zero-order valence-electron chi connectivity index (χ0n) is 11.6. The van der Waals surface area contributed by atoms with Gasteiger partial charge in [0.1, 0.15) is 12.1 Å². The number of rotatable bonds is 5. The van der Waals surface area contributed by atoms with Gasteiger partial charge in [0.05, 0.1) is 23.0 Å². The van der Waals surface area contributed by atoms with Gasteiger partial charge in [0.25, 0.3) is 10.0 Å². The SMILES string of the molecule is CNCc1cc(F)c(C)c(S(=O)(=O)Nc2cncnc2)c1. The summed E-state index contributed by atoms with van der Waals surface area (Å²) < 4.78 is 41.0. The highest BCUT2D eigenvalue weighted by atomic mass is 32.2. The fraction of sp³-hybridized carbons (Fsp3) is 0.231. The number of anilines is 1. The van der Waals surface area contributed by atoms with Crippen molar-refractivity contribution in [2.24, 2.45) is 0 Å². The maximum absolute atomic E-state index is 13.9. The van der Waals surface area contributed by atoms with Crippen LogP contribution in [-0.4, -0.2) is 25.4 Å².